The number of hydrogen-bond donors (Lipinski definition) is 2. The van der Waals surface area contributed by atoms with E-state index >= 15 is 0 Å². The van der Waals surface area contributed by atoms with Crippen LogP contribution in [0.5, 0.6) is 5.75 Å². The number of halogens is 1. The Morgan fingerprint density at radius 1 is 1.46 bits per heavy atom. The van der Waals surface area contributed by atoms with Gasteiger partial charge in [-0.2, -0.15) is 0 Å². The lowest BCUT2D eigenvalue weighted by atomic mass is 10.0. The number of aromatic nitrogens is 2. The maximum atomic E-state index is 12.3. The Morgan fingerprint density at radius 2 is 2.27 bits per heavy atom. The number of carbonyl (C=O) groups is 1. The van der Waals surface area contributed by atoms with Gasteiger partial charge in [-0.25, -0.2) is 9.97 Å². The Balaban J connectivity index is 1.90. The van der Waals surface area contributed by atoms with Crippen LogP contribution in [0.25, 0.3) is 11.3 Å². The highest BCUT2D eigenvalue weighted by atomic mass is 79.9. The van der Waals surface area contributed by atoms with Gasteiger partial charge in [0, 0.05) is 19.2 Å². The number of nitrogens with zero attached hydrogens (tertiary/aromatic N) is 2. The van der Waals surface area contributed by atoms with Gasteiger partial charge in [-0.1, -0.05) is 0 Å². The molecule has 1 unspecified atom stereocenters. The van der Waals surface area contributed by atoms with E-state index in [-0.39, 0.29) is 18.0 Å². The molecule has 138 valence electrons. The number of nitrogens with two attached hydrogens (primary N) is 1. The van der Waals surface area contributed by atoms with Crippen molar-refractivity contribution in [3.05, 3.63) is 33.9 Å². The van der Waals surface area contributed by atoms with E-state index in [2.05, 4.69) is 31.2 Å². The van der Waals surface area contributed by atoms with Crippen molar-refractivity contribution in [1.82, 2.24) is 15.3 Å². The van der Waals surface area contributed by atoms with Gasteiger partial charge in [0.05, 0.1) is 27.5 Å². The molecule has 0 saturated carbocycles. The molecule has 1 aliphatic heterocycles. The molecular formula is C18H21BrN4O3. The summed E-state index contributed by atoms with van der Waals surface area (Å²) in [6.45, 7) is 3.05. The van der Waals surface area contributed by atoms with Crippen molar-refractivity contribution in [3.8, 4) is 17.0 Å². The number of rotatable bonds is 5. The molecule has 0 radical (unpaired) electrons. The van der Waals surface area contributed by atoms with Crippen molar-refractivity contribution < 1.29 is 14.3 Å². The molecule has 0 aliphatic carbocycles. The standard InChI is InChI=1S/C18H21BrN4O3/c1-10-15(17(24)21-2)16(23-18(20)22-10)11-5-6-14(13(19)8-11)26-9-12-4-3-7-25-12/h5-6,8,12H,3-4,7,9H2,1-2H3,(H,21,24)(H2,20,22,23). The predicted molar refractivity (Wildman–Crippen MR) is 102 cm³/mol. The van der Waals surface area contributed by atoms with Crippen LogP contribution in [0.2, 0.25) is 0 Å². The average Bonchev–Trinajstić information content (AvgIpc) is 3.13. The molecule has 1 fully saturated rings. The lowest BCUT2D eigenvalue weighted by Crippen LogP contribution is -2.22. The summed E-state index contributed by atoms with van der Waals surface area (Å²) >= 11 is 3.53. The number of hydrogen-bond acceptors (Lipinski definition) is 6. The highest BCUT2D eigenvalue weighted by Gasteiger charge is 2.20. The largest absolute Gasteiger partial charge is 0.490 e. The second kappa shape index (κ2) is 8.01. The molecule has 26 heavy (non-hydrogen) atoms. The molecule has 1 atom stereocenters. The Morgan fingerprint density at radius 3 is 2.92 bits per heavy atom. The SMILES string of the molecule is CNC(=O)c1c(C)nc(N)nc1-c1ccc(OCC2CCCO2)c(Br)c1. The zero-order chi connectivity index (χ0) is 18.7. The van der Waals surface area contributed by atoms with Crippen LogP contribution in [0.4, 0.5) is 5.95 Å². The van der Waals surface area contributed by atoms with Crippen molar-refractivity contribution in [3.63, 3.8) is 0 Å². The van der Waals surface area contributed by atoms with E-state index in [9.17, 15) is 4.79 Å². The molecule has 1 aromatic heterocycles. The molecule has 3 rings (SSSR count). The third-order valence-electron chi connectivity index (χ3n) is 4.22. The monoisotopic (exact) mass is 420 g/mol. The summed E-state index contributed by atoms with van der Waals surface area (Å²) in [5.41, 5.74) is 7.96. The van der Waals surface area contributed by atoms with Crippen LogP contribution in [0.3, 0.4) is 0 Å². The number of nitrogens with one attached hydrogen (secondary N) is 1. The second-order valence-corrected chi connectivity index (χ2v) is 6.92. The highest BCUT2D eigenvalue weighted by molar-refractivity contribution is 9.10. The lowest BCUT2D eigenvalue weighted by molar-refractivity contribution is 0.0677. The number of benzene rings is 1. The summed E-state index contributed by atoms with van der Waals surface area (Å²) in [7, 11) is 1.57. The van der Waals surface area contributed by atoms with Crippen LogP contribution in [-0.4, -0.2) is 42.2 Å². The minimum absolute atomic E-state index is 0.125. The molecule has 1 aliphatic rings. The van der Waals surface area contributed by atoms with Crippen molar-refractivity contribution in [2.24, 2.45) is 0 Å². The number of nitrogen functional groups attached to an aromatic ring is 1. The summed E-state index contributed by atoms with van der Waals surface area (Å²) in [6.07, 6.45) is 2.24. The maximum absolute atomic E-state index is 12.3. The van der Waals surface area contributed by atoms with Crippen LogP contribution in [0.1, 0.15) is 28.9 Å². The molecule has 2 aromatic rings. The third-order valence-corrected chi connectivity index (χ3v) is 4.84. The first-order valence-corrected chi connectivity index (χ1v) is 9.19. The van der Waals surface area contributed by atoms with Crippen LogP contribution < -0.4 is 15.8 Å². The maximum Gasteiger partial charge on any atom is 0.255 e. The minimum Gasteiger partial charge on any atom is -0.490 e. The van der Waals surface area contributed by atoms with E-state index in [4.69, 9.17) is 15.2 Å². The zero-order valence-corrected chi connectivity index (χ0v) is 16.3. The zero-order valence-electron chi connectivity index (χ0n) is 14.7. The number of aryl methyl sites for hydroxylation is 1. The van der Waals surface area contributed by atoms with Gasteiger partial charge in [-0.3, -0.25) is 4.79 Å². The van der Waals surface area contributed by atoms with Crippen molar-refractivity contribution in [1.29, 1.82) is 0 Å². The molecule has 0 bridgehead atoms. The Labute approximate surface area is 160 Å². The predicted octanol–water partition coefficient (Wildman–Crippen LogP) is 2.71. The Hall–Kier alpha value is -2.19. The summed E-state index contributed by atoms with van der Waals surface area (Å²) < 4.78 is 12.2. The normalized spacial score (nSPS) is 16.5. The second-order valence-electron chi connectivity index (χ2n) is 6.06. The summed E-state index contributed by atoms with van der Waals surface area (Å²) in [4.78, 5) is 20.6. The van der Waals surface area contributed by atoms with Gasteiger partial charge >= 0.3 is 0 Å². The van der Waals surface area contributed by atoms with Crippen LogP contribution in [0.15, 0.2) is 22.7 Å². The number of amides is 1. The summed E-state index contributed by atoms with van der Waals surface area (Å²) in [5.74, 6) is 0.580. The Bertz CT molecular complexity index is 822. The van der Waals surface area contributed by atoms with E-state index in [1.165, 1.54) is 0 Å². The molecule has 1 aromatic carbocycles. The highest BCUT2D eigenvalue weighted by Crippen LogP contribution is 2.32. The van der Waals surface area contributed by atoms with E-state index in [0.717, 1.165) is 29.5 Å². The minimum atomic E-state index is -0.257. The molecule has 8 heteroatoms. The average molecular weight is 421 g/mol. The fourth-order valence-electron chi connectivity index (χ4n) is 2.92. The number of carbonyl (C=O) groups excluding carboxylic acids is 1. The van der Waals surface area contributed by atoms with E-state index in [1.807, 2.05) is 18.2 Å². The van der Waals surface area contributed by atoms with Crippen molar-refractivity contribution in [2.75, 3.05) is 26.0 Å². The topological polar surface area (TPSA) is 99.4 Å². The smallest absolute Gasteiger partial charge is 0.255 e. The van der Waals surface area contributed by atoms with Crippen LogP contribution in [-0.2, 0) is 4.74 Å². The van der Waals surface area contributed by atoms with Crippen LogP contribution >= 0.6 is 15.9 Å². The molecule has 2 heterocycles. The number of anilines is 1. The first kappa shape index (κ1) is 18.6. The molecule has 0 spiro atoms. The van der Waals surface area contributed by atoms with Gasteiger partial charge in [0.25, 0.3) is 5.91 Å². The van der Waals surface area contributed by atoms with Crippen molar-refractivity contribution in [2.45, 2.75) is 25.9 Å². The fourth-order valence-corrected chi connectivity index (χ4v) is 3.42. The van der Waals surface area contributed by atoms with E-state index < -0.39 is 0 Å². The molecule has 7 nitrogen and oxygen atoms in total. The number of ether oxygens (including phenoxy) is 2. The summed E-state index contributed by atoms with van der Waals surface area (Å²) in [6, 6.07) is 5.55. The van der Waals surface area contributed by atoms with Gasteiger partial charge < -0.3 is 20.5 Å². The summed E-state index contributed by atoms with van der Waals surface area (Å²) in [5, 5.41) is 2.62. The molecule has 1 amide bonds. The first-order valence-electron chi connectivity index (χ1n) is 8.40. The third kappa shape index (κ3) is 3.96. The first-order chi connectivity index (χ1) is 12.5. The van der Waals surface area contributed by atoms with E-state index in [1.54, 1.807) is 14.0 Å². The quantitative estimate of drug-likeness (QED) is 0.770. The molecule has 3 N–H and O–H groups in total. The molecular weight excluding hydrogens is 400 g/mol. The lowest BCUT2D eigenvalue weighted by Gasteiger charge is -2.15. The fraction of sp³-hybridized carbons (Fsp3) is 0.389. The van der Waals surface area contributed by atoms with Gasteiger partial charge in [0.2, 0.25) is 5.95 Å². The van der Waals surface area contributed by atoms with Crippen molar-refractivity contribution >= 4 is 27.8 Å². The Kier molecular flexibility index (Phi) is 5.73. The van der Waals surface area contributed by atoms with Gasteiger partial charge in [-0.05, 0) is 53.9 Å². The van der Waals surface area contributed by atoms with Gasteiger partial charge in [0.1, 0.15) is 12.4 Å². The molecule has 1 saturated heterocycles. The van der Waals surface area contributed by atoms with Crippen LogP contribution in [0, 0.1) is 6.92 Å². The van der Waals surface area contributed by atoms with Gasteiger partial charge in [0.15, 0.2) is 0 Å². The van der Waals surface area contributed by atoms with Gasteiger partial charge in [-0.15, -0.1) is 0 Å². The van der Waals surface area contributed by atoms with E-state index in [0.29, 0.717) is 29.3 Å².